The first-order valence-corrected chi connectivity index (χ1v) is 5.14. The second-order valence-corrected chi connectivity index (χ2v) is 3.94. The second-order valence-electron chi connectivity index (χ2n) is 3.94. The lowest BCUT2D eigenvalue weighted by atomic mass is 10.0. The summed E-state index contributed by atoms with van der Waals surface area (Å²) in [4.78, 5) is 0. The predicted molar refractivity (Wildman–Crippen MR) is 55.7 cm³/mol. The maximum atomic E-state index is 5.63. The first-order valence-electron chi connectivity index (χ1n) is 5.14. The van der Waals surface area contributed by atoms with Gasteiger partial charge in [-0.25, -0.2) is 0 Å². The molecule has 1 nitrogen and oxygen atoms in total. The number of hydrogen-bond donors (Lipinski definition) is 1. The molecule has 2 atom stereocenters. The van der Waals surface area contributed by atoms with E-state index in [1.165, 1.54) is 17.5 Å². The topological polar surface area (TPSA) is 26.0 Å². The third kappa shape index (κ3) is 1.75. The molecule has 1 aliphatic carbocycles. The Labute approximate surface area is 80.0 Å². The molecular weight excluding hydrogens is 158 g/mol. The summed E-state index contributed by atoms with van der Waals surface area (Å²) in [6.07, 6.45) is 2.43. The van der Waals surface area contributed by atoms with Gasteiger partial charge in [-0.3, -0.25) is 0 Å². The van der Waals surface area contributed by atoms with E-state index in [0.29, 0.717) is 0 Å². The van der Waals surface area contributed by atoms with Gasteiger partial charge in [-0.1, -0.05) is 31.2 Å². The number of aryl methyl sites for hydroxylation is 1. The summed E-state index contributed by atoms with van der Waals surface area (Å²) in [5, 5.41) is 0. The highest BCUT2D eigenvalue weighted by molar-refractivity contribution is 5.30. The molecule has 70 valence electrons. The van der Waals surface area contributed by atoms with Gasteiger partial charge >= 0.3 is 0 Å². The van der Waals surface area contributed by atoms with Gasteiger partial charge in [0.15, 0.2) is 0 Å². The van der Waals surface area contributed by atoms with Gasteiger partial charge in [0.1, 0.15) is 0 Å². The minimum Gasteiger partial charge on any atom is -0.330 e. The maximum absolute atomic E-state index is 5.63. The van der Waals surface area contributed by atoms with E-state index in [1.807, 2.05) is 0 Å². The van der Waals surface area contributed by atoms with Gasteiger partial charge in [-0.2, -0.15) is 0 Å². The molecule has 0 amide bonds. The molecule has 0 bridgehead atoms. The Morgan fingerprint density at radius 2 is 2.31 bits per heavy atom. The van der Waals surface area contributed by atoms with Crippen molar-refractivity contribution in [2.75, 3.05) is 6.54 Å². The lowest BCUT2D eigenvalue weighted by molar-refractivity contribution is 0.809. The highest BCUT2D eigenvalue weighted by atomic mass is 14.6. The van der Waals surface area contributed by atoms with E-state index in [9.17, 15) is 0 Å². The van der Waals surface area contributed by atoms with E-state index >= 15 is 0 Å². The van der Waals surface area contributed by atoms with Crippen LogP contribution in [0, 0.1) is 5.92 Å². The van der Waals surface area contributed by atoms with Crippen LogP contribution in [0.15, 0.2) is 24.3 Å². The number of nitrogens with two attached hydrogens (primary N) is 1. The highest BCUT2D eigenvalue weighted by Crippen LogP contribution is 2.46. The van der Waals surface area contributed by atoms with E-state index < -0.39 is 0 Å². The third-order valence-corrected chi connectivity index (χ3v) is 3.01. The van der Waals surface area contributed by atoms with Crippen LogP contribution >= 0.6 is 0 Å². The van der Waals surface area contributed by atoms with E-state index in [-0.39, 0.29) is 0 Å². The largest absolute Gasteiger partial charge is 0.330 e. The summed E-state index contributed by atoms with van der Waals surface area (Å²) in [6.45, 7) is 3.05. The molecule has 1 aromatic rings. The van der Waals surface area contributed by atoms with Crippen LogP contribution in [0.5, 0.6) is 0 Å². The summed E-state index contributed by atoms with van der Waals surface area (Å²) in [7, 11) is 0. The van der Waals surface area contributed by atoms with Gasteiger partial charge < -0.3 is 5.73 Å². The van der Waals surface area contributed by atoms with Crippen LogP contribution in [-0.2, 0) is 6.42 Å². The Bertz CT molecular complexity index is 293. The Balaban J connectivity index is 2.13. The molecule has 2 N–H and O–H groups in total. The zero-order valence-electron chi connectivity index (χ0n) is 8.16. The van der Waals surface area contributed by atoms with E-state index in [1.54, 1.807) is 0 Å². The molecule has 0 saturated heterocycles. The van der Waals surface area contributed by atoms with Crippen molar-refractivity contribution in [2.24, 2.45) is 11.7 Å². The van der Waals surface area contributed by atoms with Gasteiger partial charge in [-0.15, -0.1) is 0 Å². The van der Waals surface area contributed by atoms with Gasteiger partial charge in [0.25, 0.3) is 0 Å². The van der Waals surface area contributed by atoms with Crippen LogP contribution in [0.4, 0.5) is 0 Å². The molecule has 1 aromatic carbocycles. The molecule has 1 saturated carbocycles. The normalized spacial score (nSPS) is 26.0. The first-order chi connectivity index (χ1) is 6.35. The Morgan fingerprint density at radius 3 is 2.92 bits per heavy atom. The molecule has 0 aromatic heterocycles. The molecule has 0 unspecified atom stereocenters. The van der Waals surface area contributed by atoms with Crippen LogP contribution in [0.25, 0.3) is 0 Å². The Hall–Kier alpha value is -0.820. The summed E-state index contributed by atoms with van der Waals surface area (Å²) in [5.74, 6) is 1.52. The zero-order chi connectivity index (χ0) is 9.26. The van der Waals surface area contributed by atoms with Crippen molar-refractivity contribution < 1.29 is 0 Å². The fourth-order valence-corrected chi connectivity index (χ4v) is 1.96. The van der Waals surface area contributed by atoms with Crippen LogP contribution < -0.4 is 5.73 Å². The van der Waals surface area contributed by atoms with Crippen molar-refractivity contribution in [1.29, 1.82) is 0 Å². The molecular formula is C12H17N. The molecule has 0 aliphatic heterocycles. The summed E-state index contributed by atoms with van der Waals surface area (Å²) >= 11 is 0. The Morgan fingerprint density at radius 1 is 1.46 bits per heavy atom. The fourth-order valence-electron chi connectivity index (χ4n) is 1.96. The lowest BCUT2D eigenvalue weighted by Crippen LogP contribution is -2.02. The molecule has 1 heteroatoms. The second kappa shape index (κ2) is 3.51. The van der Waals surface area contributed by atoms with Crippen molar-refractivity contribution in [1.82, 2.24) is 0 Å². The van der Waals surface area contributed by atoms with Gasteiger partial charge in [0, 0.05) is 0 Å². The minimum atomic E-state index is 0.757. The molecule has 0 radical (unpaired) electrons. The lowest BCUT2D eigenvalue weighted by Gasteiger charge is -2.02. The quantitative estimate of drug-likeness (QED) is 0.749. The molecule has 0 spiro atoms. The number of hydrogen-bond acceptors (Lipinski definition) is 1. The first kappa shape index (κ1) is 8.76. The van der Waals surface area contributed by atoms with Crippen LogP contribution in [-0.4, -0.2) is 6.54 Å². The molecule has 1 aliphatic rings. The highest BCUT2D eigenvalue weighted by Gasteiger charge is 2.36. The molecule has 13 heavy (non-hydrogen) atoms. The van der Waals surface area contributed by atoms with E-state index in [0.717, 1.165) is 24.8 Å². The van der Waals surface area contributed by atoms with E-state index in [2.05, 4.69) is 31.2 Å². The monoisotopic (exact) mass is 175 g/mol. The predicted octanol–water partition coefficient (Wildman–Crippen LogP) is 2.31. The van der Waals surface area contributed by atoms with Crippen LogP contribution in [0.2, 0.25) is 0 Å². The summed E-state index contributed by atoms with van der Waals surface area (Å²) in [5.41, 5.74) is 8.57. The maximum Gasteiger partial charge on any atom is -0.00428 e. The van der Waals surface area contributed by atoms with Gasteiger partial charge in [0.2, 0.25) is 0 Å². The van der Waals surface area contributed by atoms with Crippen molar-refractivity contribution in [3.05, 3.63) is 35.4 Å². The minimum absolute atomic E-state index is 0.757. The van der Waals surface area contributed by atoms with Gasteiger partial charge in [0.05, 0.1) is 0 Å². The van der Waals surface area contributed by atoms with E-state index in [4.69, 9.17) is 5.73 Å². The van der Waals surface area contributed by atoms with Crippen LogP contribution in [0.3, 0.4) is 0 Å². The van der Waals surface area contributed by atoms with Crippen molar-refractivity contribution in [3.63, 3.8) is 0 Å². The standard InChI is InChI=1S/C12H17N/c1-2-9-4-3-5-10(6-9)12-7-11(12)8-13/h3-6,11-12H,2,7-8,13H2,1H3/t11-,12-/m0/s1. The van der Waals surface area contributed by atoms with Crippen molar-refractivity contribution in [2.45, 2.75) is 25.7 Å². The number of rotatable bonds is 3. The Kier molecular flexibility index (Phi) is 2.36. The van der Waals surface area contributed by atoms with Crippen LogP contribution in [0.1, 0.15) is 30.4 Å². The average Bonchev–Trinajstić information content (AvgIpc) is 2.97. The third-order valence-electron chi connectivity index (χ3n) is 3.01. The molecule has 0 heterocycles. The average molecular weight is 175 g/mol. The van der Waals surface area contributed by atoms with Crippen molar-refractivity contribution in [3.8, 4) is 0 Å². The van der Waals surface area contributed by atoms with Crippen molar-refractivity contribution >= 4 is 0 Å². The van der Waals surface area contributed by atoms with Gasteiger partial charge in [-0.05, 0) is 42.3 Å². The number of benzene rings is 1. The smallest absolute Gasteiger partial charge is 0.00428 e. The summed E-state index contributed by atoms with van der Waals surface area (Å²) in [6, 6.07) is 8.93. The zero-order valence-corrected chi connectivity index (χ0v) is 8.16. The fraction of sp³-hybridized carbons (Fsp3) is 0.500. The molecule has 2 rings (SSSR count). The SMILES string of the molecule is CCc1cccc([C@@H]2C[C@H]2CN)c1. The molecule has 1 fully saturated rings. The summed E-state index contributed by atoms with van der Waals surface area (Å²) < 4.78 is 0.